The summed E-state index contributed by atoms with van der Waals surface area (Å²) in [5.41, 5.74) is 0.681. The second-order valence-electron chi connectivity index (χ2n) is 4.74. The number of piperidine rings is 1. The van der Waals surface area contributed by atoms with Crippen molar-refractivity contribution >= 4 is 11.6 Å². The molecule has 0 saturated carbocycles. The third kappa shape index (κ3) is 3.12. The molecule has 1 aromatic carbocycles. The fourth-order valence-electron chi connectivity index (χ4n) is 2.54. The molecule has 1 aromatic rings. The molecule has 0 bridgehead atoms. The van der Waals surface area contributed by atoms with Gasteiger partial charge in [-0.1, -0.05) is 18.0 Å². The molecule has 0 spiro atoms. The Bertz CT molecular complexity index is 448. The van der Waals surface area contributed by atoms with Crippen molar-refractivity contribution < 1.29 is 13.9 Å². The molecule has 0 aliphatic carbocycles. The molecule has 1 heterocycles. The van der Waals surface area contributed by atoms with E-state index in [2.05, 4.69) is 5.32 Å². The molecule has 1 N–H and O–H groups in total. The highest BCUT2D eigenvalue weighted by atomic mass is 35.5. The minimum Gasteiger partial charge on any atom is -0.493 e. The molecule has 1 aliphatic rings. The predicted octanol–water partition coefficient (Wildman–Crippen LogP) is 3.18. The molecule has 0 aromatic heterocycles. The SMILES string of the molecule is COc1cc(F)c(Cl)c(CC2CCCCN2)c1OC. The number of nitrogens with one attached hydrogen (secondary N) is 1. The van der Waals surface area contributed by atoms with Gasteiger partial charge in [-0.3, -0.25) is 0 Å². The first-order valence-corrected chi connectivity index (χ1v) is 6.87. The Labute approximate surface area is 118 Å². The van der Waals surface area contributed by atoms with Crippen LogP contribution < -0.4 is 14.8 Å². The second-order valence-corrected chi connectivity index (χ2v) is 5.12. The van der Waals surface area contributed by atoms with Crippen LogP contribution in [0.5, 0.6) is 11.5 Å². The van der Waals surface area contributed by atoms with Crippen molar-refractivity contribution in [1.82, 2.24) is 5.32 Å². The van der Waals surface area contributed by atoms with Gasteiger partial charge in [0.1, 0.15) is 5.82 Å². The lowest BCUT2D eigenvalue weighted by Crippen LogP contribution is -2.35. The van der Waals surface area contributed by atoms with E-state index >= 15 is 0 Å². The van der Waals surface area contributed by atoms with Gasteiger partial charge in [0.25, 0.3) is 0 Å². The van der Waals surface area contributed by atoms with E-state index in [1.54, 1.807) is 7.11 Å². The third-order valence-corrected chi connectivity index (χ3v) is 3.93. The molecule has 2 rings (SSSR count). The fourth-order valence-corrected chi connectivity index (χ4v) is 2.76. The van der Waals surface area contributed by atoms with Crippen LogP contribution in [0.2, 0.25) is 5.02 Å². The van der Waals surface area contributed by atoms with Crippen molar-refractivity contribution in [2.24, 2.45) is 0 Å². The van der Waals surface area contributed by atoms with Gasteiger partial charge in [-0.05, 0) is 25.8 Å². The Morgan fingerprint density at radius 3 is 2.74 bits per heavy atom. The van der Waals surface area contributed by atoms with Crippen molar-refractivity contribution in [3.05, 3.63) is 22.5 Å². The Morgan fingerprint density at radius 1 is 1.37 bits per heavy atom. The number of halogens is 2. The van der Waals surface area contributed by atoms with Crippen LogP contribution in [-0.2, 0) is 6.42 Å². The number of hydrogen-bond acceptors (Lipinski definition) is 3. The van der Waals surface area contributed by atoms with Crippen LogP contribution in [0.1, 0.15) is 24.8 Å². The summed E-state index contributed by atoms with van der Waals surface area (Å²) < 4.78 is 24.3. The summed E-state index contributed by atoms with van der Waals surface area (Å²) >= 11 is 6.09. The molecule has 3 nitrogen and oxygen atoms in total. The monoisotopic (exact) mass is 287 g/mol. The van der Waals surface area contributed by atoms with Gasteiger partial charge in [-0.25, -0.2) is 4.39 Å². The summed E-state index contributed by atoms with van der Waals surface area (Å²) in [6.45, 7) is 0.997. The van der Waals surface area contributed by atoms with E-state index in [4.69, 9.17) is 21.1 Å². The van der Waals surface area contributed by atoms with E-state index < -0.39 is 5.82 Å². The molecule has 1 atom stereocenters. The quantitative estimate of drug-likeness (QED) is 0.923. The summed E-state index contributed by atoms with van der Waals surface area (Å²) in [4.78, 5) is 0. The topological polar surface area (TPSA) is 30.5 Å². The second kappa shape index (κ2) is 6.44. The van der Waals surface area contributed by atoms with Gasteiger partial charge in [-0.15, -0.1) is 0 Å². The molecular weight excluding hydrogens is 269 g/mol. The maximum atomic E-state index is 13.8. The maximum Gasteiger partial charge on any atom is 0.165 e. The van der Waals surface area contributed by atoms with Crippen LogP contribution in [0.4, 0.5) is 4.39 Å². The highest BCUT2D eigenvalue weighted by molar-refractivity contribution is 6.31. The van der Waals surface area contributed by atoms with Crippen LogP contribution in [0.15, 0.2) is 6.07 Å². The first kappa shape index (κ1) is 14.4. The van der Waals surface area contributed by atoms with Crippen molar-refractivity contribution in [3.63, 3.8) is 0 Å². The molecule has 1 unspecified atom stereocenters. The summed E-state index contributed by atoms with van der Waals surface area (Å²) in [7, 11) is 3.04. The van der Waals surface area contributed by atoms with Gasteiger partial charge >= 0.3 is 0 Å². The molecule has 106 valence electrons. The zero-order chi connectivity index (χ0) is 13.8. The minimum atomic E-state index is -0.467. The van der Waals surface area contributed by atoms with Gasteiger partial charge < -0.3 is 14.8 Å². The minimum absolute atomic E-state index is 0.130. The first-order chi connectivity index (χ1) is 9.17. The highest BCUT2D eigenvalue weighted by Crippen LogP contribution is 2.39. The van der Waals surface area contributed by atoms with E-state index in [1.165, 1.54) is 26.0 Å². The van der Waals surface area contributed by atoms with Crippen LogP contribution >= 0.6 is 11.6 Å². The van der Waals surface area contributed by atoms with Gasteiger partial charge in [0.15, 0.2) is 11.5 Å². The van der Waals surface area contributed by atoms with Crippen molar-refractivity contribution in [3.8, 4) is 11.5 Å². The lowest BCUT2D eigenvalue weighted by Gasteiger charge is -2.25. The lowest BCUT2D eigenvalue weighted by atomic mass is 9.97. The number of hydrogen-bond donors (Lipinski definition) is 1. The molecule has 1 saturated heterocycles. The van der Waals surface area contributed by atoms with E-state index in [-0.39, 0.29) is 5.02 Å². The van der Waals surface area contributed by atoms with Gasteiger partial charge in [0, 0.05) is 17.7 Å². The standard InChI is InChI=1S/C14H19ClFNO2/c1-18-12-8-11(16)13(15)10(14(12)19-2)7-9-5-3-4-6-17-9/h8-9,17H,3-7H2,1-2H3. The lowest BCUT2D eigenvalue weighted by molar-refractivity contribution is 0.343. The predicted molar refractivity (Wildman–Crippen MR) is 73.9 cm³/mol. The molecule has 19 heavy (non-hydrogen) atoms. The van der Waals surface area contributed by atoms with E-state index in [9.17, 15) is 4.39 Å². The molecule has 1 fully saturated rings. The van der Waals surface area contributed by atoms with Crippen LogP contribution in [-0.4, -0.2) is 26.8 Å². The summed E-state index contributed by atoms with van der Waals surface area (Å²) in [6.07, 6.45) is 4.09. The van der Waals surface area contributed by atoms with Crippen LogP contribution in [0.25, 0.3) is 0 Å². The summed E-state index contributed by atoms with van der Waals surface area (Å²) in [5.74, 6) is 0.446. The molecule has 1 aliphatic heterocycles. The zero-order valence-electron chi connectivity index (χ0n) is 11.3. The largest absolute Gasteiger partial charge is 0.493 e. The molecule has 0 radical (unpaired) electrons. The fraction of sp³-hybridized carbons (Fsp3) is 0.571. The van der Waals surface area contributed by atoms with E-state index in [0.717, 1.165) is 13.0 Å². The molecular formula is C14H19ClFNO2. The first-order valence-electron chi connectivity index (χ1n) is 6.49. The van der Waals surface area contributed by atoms with Crippen LogP contribution in [0, 0.1) is 5.82 Å². The summed E-state index contributed by atoms with van der Waals surface area (Å²) in [6, 6.07) is 1.57. The average molecular weight is 288 g/mol. The Balaban J connectivity index is 2.33. The highest BCUT2D eigenvalue weighted by Gasteiger charge is 2.22. The van der Waals surface area contributed by atoms with Crippen molar-refractivity contribution in [1.29, 1.82) is 0 Å². The molecule has 0 amide bonds. The van der Waals surface area contributed by atoms with E-state index in [1.807, 2.05) is 0 Å². The van der Waals surface area contributed by atoms with Crippen molar-refractivity contribution in [2.45, 2.75) is 31.7 Å². The maximum absolute atomic E-state index is 13.8. The third-order valence-electron chi connectivity index (χ3n) is 3.52. The van der Waals surface area contributed by atoms with Crippen molar-refractivity contribution in [2.75, 3.05) is 20.8 Å². The Morgan fingerprint density at radius 2 is 2.16 bits per heavy atom. The zero-order valence-corrected chi connectivity index (χ0v) is 12.0. The number of ether oxygens (including phenoxy) is 2. The Kier molecular flexibility index (Phi) is 4.88. The van der Waals surface area contributed by atoms with Crippen LogP contribution in [0.3, 0.4) is 0 Å². The smallest absolute Gasteiger partial charge is 0.165 e. The number of methoxy groups -OCH3 is 2. The van der Waals surface area contributed by atoms with E-state index in [0.29, 0.717) is 29.5 Å². The van der Waals surface area contributed by atoms with Gasteiger partial charge in [0.2, 0.25) is 0 Å². The normalized spacial score (nSPS) is 19.3. The van der Waals surface area contributed by atoms with Gasteiger partial charge in [0.05, 0.1) is 19.2 Å². The number of rotatable bonds is 4. The summed E-state index contributed by atoms with van der Waals surface area (Å²) in [5, 5.41) is 3.56. The molecule has 5 heteroatoms. The Hall–Kier alpha value is -1.00. The average Bonchev–Trinajstić information content (AvgIpc) is 2.44. The van der Waals surface area contributed by atoms with Gasteiger partial charge in [-0.2, -0.15) is 0 Å². The number of benzene rings is 1.